The molecule has 26 heavy (non-hydrogen) atoms. The summed E-state index contributed by atoms with van der Waals surface area (Å²) >= 11 is 0. The number of carbonyl (C=O) groups is 2. The van der Waals surface area contributed by atoms with Gasteiger partial charge in [-0.05, 0) is 23.3 Å². The largest absolute Gasteiger partial charge is 0.459 e. The van der Waals surface area contributed by atoms with Crippen LogP contribution in [0.2, 0.25) is 0 Å². The Morgan fingerprint density at radius 3 is 2.00 bits per heavy atom. The Balaban J connectivity index is 1.72. The topological polar surface area (TPSA) is 62.6 Å². The number of likely N-dealkylation sites (N-methyl/N-ethyl adjacent to an activating group) is 1. The van der Waals surface area contributed by atoms with Crippen LogP contribution in [0.3, 0.4) is 0 Å². The van der Waals surface area contributed by atoms with E-state index in [4.69, 9.17) is 4.42 Å². The van der Waals surface area contributed by atoms with Gasteiger partial charge in [0.15, 0.2) is 5.76 Å². The Morgan fingerprint density at radius 1 is 0.923 bits per heavy atom. The average Bonchev–Trinajstić information content (AvgIpc) is 3.21. The summed E-state index contributed by atoms with van der Waals surface area (Å²) in [6, 6.07) is 22.4. The molecule has 0 spiro atoms. The molecule has 2 amide bonds. The van der Waals surface area contributed by atoms with Crippen molar-refractivity contribution in [2.45, 2.75) is 6.04 Å². The zero-order chi connectivity index (χ0) is 18.4. The van der Waals surface area contributed by atoms with Crippen molar-refractivity contribution in [3.05, 3.63) is 95.9 Å². The minimum absolute atomic E-state index is 0.0598. The predicted octanol–water partition coefficient (Wildman–Crippen LogP) is 3.26. The standard InChI is InChI=1S/C21H20N2O3/c1-23(21(25)18-13-8-14-26-18)15-19(24)22-20(16-9-4-2-5-10-16)17-11-6-3-7-12-17/h2-14,20H,15H2,1H3,(H,22,24). The van der Waals surface area contributed by atoms with Gasteiger partial charge in [0.1, 0.15) is 0 Å². The minimum atomic E-state index is -0.332. The molecule has 2 aromatic carbocycles. The molecule has 0 aliphatic heterocycles. The van der Waals surface area contributed by atoms with Crippen molar-refractivity contribution in [1.29, 1.82) is 0 Å². The molecule has 5 nitrogen and oxygen atoms in total. The quantitative estimate of drug-likeness (QED) is 0.744. The van der Waals surface area contributed by atoms with E-state index in [1.807, 2.05) is 60.7 Å². The van der Waals surface area contributed by atoms with E-state index in [-0.39, 0.29) is 30.2 Å². The van der Waals surface area contributed by atoms with Gasteiger partial charge in [-0.25, -0.2) is 0 Å². The van der Waals surface area contributed by atoms with Crippen molar-refractivity contribution in [3.8, 4) is 0 Å². The van der Waals surface area contributed by atoms with Crippen LogP contribution in [-0.2, 0) is 4.79 Å². The molecular formula is C21H20N2O3. The van der Waals surface area contributed by atoms with Crippen LogP contribution in [0.5, 0.6) is 0 Å². The maximum absolute atomic E-state index is 12.5. The van der Waals surface area contributed by atoms with Crippen molar-refractivity contribution < 1.29 is 14.0 Å². The molecule has 1 aromatic heterocycles. The van der Waals surface area contributed by atoms with Crippen molar-refractivity contribution in [2.24, 2.45) is 0 Å². The Labute approximate surface area is 152 Å². The van der Waals surface area contributed by atoms with E-state index in [0.29, 0.717) is 0 Å². The number of hydrogen-bond donors (Lipinski definition) is 1. The van der Waals surface area contributed by atoms with E-state index in [9.17, 15) is 9.59 Å². The number of rotatable bonds is 6. The van der Waals surface area contributed by atoms with Gasteiger partial charge >= 0.3 is 0 Å². The second kappa shape index (κ2) is 8.16. The Bertz CT molecular complexity index is 806. The first kappa shape index (κ1) is 17.5. The first-order valence-corrected chi connectivity index (χ1v) is 8.33. The van der Waals surface area contributed by atoms with Crippen LogP contribution >= 0.6 is 0 Å². The number of carbonyl (C=O) groups excluding carboxylic acids is 2. The summed E-state index contributed by atoms with van der Waals surface area (Å²) < 4.78 is 5.09. The van der Waals surface area contributed by atoms with Gasteiger partial charge in [-0.2, -0.15) is 0 Å². The van der Waals surface area contributed by atoms with Crippen LogP contribution in [0.1, 0.15) is 27.7 Å². The van der Waals surface area contributed by atoms with Crippen LogP contribution in [0, 0.1) is 0 Å². The summed E-state index contributed by atoms with van der Waals surface area (Å²) in [6.45, 7) is -0.0598. The average molecular weight is 348 g/mol. The van der Waals surface area contributed by atoms with Gasteiger partial charge in [0.2, 0.25) is 5.91 Å². The van der Waals surface area contributed by atoms with Crippen molar-refractivity contribution in [2.75, 3.05) is 13.6 Å². The highest BCUT2D eigenvalue weighted by Crippen LogP contribution is 2.21. The normalized spacial score (nSPS) is 10.5. The Kier molecular flexibility index (Phi) is 5.49. The molecule has 0 saturated carbocycles. The monoisotopic (exact) mass is 348 g/mol. The second-order valence-corrected chi connectivity index (χ2v) is 5.96. The first-order valence-electron chi connectivity index (χ1n) is 8.33. The third-order valence-electron chi connectivity index (χ3n) is 4.03. The number of benzene rings is 2. The van der Waals surface area contributed by atoms with Gasteiger partial charge in [-0.3, -0.25) is 9.59 Å². The number of nitrogens with zero attached hydrogens (tertiary/aromatic N) is 1. The molecule has 0 fully saturated rings. The zero-order valence-corrected chi connectivity index (χ0v) is 14.5. The molecule has 0 atom stereocenters. The highest BCUT2D eigenvalue weighted by atomic mass is 16.3. The van der Waals surface area contributed by atoms with E-state index in [1.165, 1.54) is 11.2 Å². The molecule has 0 saturated heterocycles. The molecular weight excluding hydrogens is 328 g/mol. The van der Waals surface area contributed by atoms with Crippen LogP contribution in [-0.4, -0.2) is 30.3 Å². The molecule has 0 aliphatic rings. The molecule has 5 heteroatoms. The molecule has 0 aliphatic carbocycles. The van der Waals surface area contributed by atoms with Gasteiger partial charge in [-0.1, -0.05) is 60.7 Å². The smallest absolute Gasteiger partial charge is 0.289 e. The highest BCUT2D eigenvalue weighted by molar-refractivity contribution is 5.94. The third kappa shape index (κ3) is 4.19. The summed E-state index contributed by atoms with van der Waals surface area (Å²) in [5.74, 6) is -0.366. The third-order valence-corrected chi connectivity index (χ3v) is 4.03. The number of amides is 2. The van der Waals surface area contributed by atoms with Gasteiger partial charge in [0, 0.05) is 7.05 Å². The van der Waals surface area contributed by atoms with Crippen molar-refractivity contribution in [3.63, 3.8) is 0 Å². The van der Waals surface area contributed by atoms with Gasteiger partial charge < -0.3 is 14.6 Å². The fourth-order valence-corrected chi connectivity index (χ4v) is 2.73. The zero-order valence-electron chi connectivity index (χ0n) is 14.5. The molecule has 3 rings (SSSR count). The number of hydrogen-bond acceptors (Lipinski definition) is 3. The molecule has 1 heterocycles. The first-order chi connectivity index (χ1) is 12.6. The van der Waals surface area contributed by atoms with Crippen LogP contribution < -0.4 is 5.32 Å². The SMILES string of the molecule is CN(CC(=O)NC(c1ccccc1)c1ccccc1)C(=O)c1ccco1. The van der Waals surface area contributed by atoms with E-state index < -0.39 is 0 Å². The minimum Gasteiger partial charge on any atom is -0.459 e. The maximum Gasteiger partial charge on any atom is 0.289 e. The maximum atomic E-state index is 12.5. The van der Waals surface area contributed by atoms with Crippen molar-refractivity contribution >= 4 is 11.8 Å². The van der Waals surface area contributed by atoms with Crippen LogP contribution in [0.25, 0.3) is 0 Å². The number of nitrogens with one attached hydrogen (secondary N) is 1. The van der Waals surface area contributed by atoms with E-state index in [1.54, 1.807) is 19.2 Å². The lowest BCUT2D eigenvalue weighted by atomic mass is 9.99. The van der Waals surface area contributed by atoms with Crippen LogP contribution in [0.15, 0.2) is 83.5 Å². The summed E-state index contributed by atoms with van der Waals surface area (Å²) in [7, 11) is 1.57. The van der Waals surface area contributed by atoms with Crippen LogP contribution in [0.4, 0.5) is 0 Å². The summed E-state index contributed by atoms with van der Waals surface area (Å²) in [4.78, 5) is 26.1. The lowest BCUT2D eigenvalue weighted by Gasteiger charge is -2.22. The Morgan fingerprint density at radius 2 is 1.50 bits per heavy atom. The summed E-state index contributed by atoms with van der Waals surface area (Å²) in [6.07, 6.45) is 1.43. The van der Waals surface area contributed by atoms with Gasteiger partial charge in [0.25, 0.3) is 5.91 Å². The van der Waals surface area contributed by atoms with E-state index in [2.05, 4.69) is 5.32 Å². The molecule has 0 radical (unpaired) electrons. The lowest BCUT2D eigenvalue weighted by molar-refractivity contribution is -0.122. The number of furan rings is 1. The molecule has 0 bridgehead atoms. The highest BCUT2D eigenvalue weighted by Gasteiger charge is 2.20. The van der Waals surface area contributed by atoms with E-state index in [0.717, 1.165) is 11.1 Å². The Hall–Kier alpha value is -3.34. The molecule has 1 N–H and O–H groups in total. The fourth-order valence-electron chi connectivity index (χ4n) is 2.73. The molecule has 132 valence electrons. The molecule has 0 unspecified atom stereocenters. The summed E-state index contributed by atoms with van der Waals surface area (Å²) in [5.41, 5.74) is 1.96. The molecule has 3 aromatic rings. The van der Waals surface area contributed by atoms with E-state index >= 15 is 0 Å². The van der Waals surface area contributed by atoms with Crippen molar-refractivity contribution in [1.82, 2.24) is 10.2 Å². The fraction of sp³-hybridized carbons (Fsp3) is 0.143. The van der Waals surface area contributed by atoms with Gasteiger partial charge in [0.05, 0.1) is 18.8 Å². The summed E-state index contributed by atoms with van der Waals surface area (Å²) in [5, 5.41) is 3.02. The second-order valence-electron chi connectivity index (χ2n) is 5.96. The van der Waals surface area contributed by atoms with Gasteiger partial charge in [-0.15, -0.1) is 0 Å². The lowest BCUT2D eigenvalue weighted by Crippen LogP contribution is -2.40. The predicted molar refractivity (Wildman–Crippen MR) is 98.5 cm³/mol.